The zero-order valence-corrected chi connectivity index (χ0v) is 11.5. The molecule has 1 rings (SSSR count). The number of ether oxygens (including phenoxy) is 1. The van der Waals surface area contributed by atoms with Crippen molar-refractivity contribution in [3.8, 4) is 0 Å². The van der Waals surface area contributed by atoms with Crippen LogP contribution in [0.15, 0.2) is 18.2 Å². The van der Waals surface area contributed by atoms with E-state index >= 15 is 0 Å². The van der Waals surface area contributed by atoms with Crippen LogP contribution in [-0.4, -0.2) is 40.0 Å². The number of aliphatic hydroxyl groups excluding tert-OH is 2. The van der Waals surface area contributed by atoms with Gasteiger partial charge in [-0.25, -0.2) is 4.39 Å². The van der Waals surface area contributed by atoms with Crippen LogP contribution in [0.1, 0.15) is 30.6 Å². The van der Waals surface area contributed by atoms with E-state index in [0.29, 0.717) is 0 Å². The Kier molecular flexibility index (Phi) is 6.26. The Morgan fingerprint density at radius 3 is 2.57 bits per heavy atom. The second-order valence-corrected chi connectivity index (χ2v) is 4.43. The zero-order chi connectivity index (χ0) is 16.0. The summed E-state index contributed by atoms with van der Waals surface area (Å²) in [6, 6.07) is 3.22. The summed E-state index contributed by atoms with van der Waals surface area (Å²) in [7, 11) is 0. The third kappa shape index (κ3) is 5.13. The lowest BCUT2D eigenvalue weighted by Crippen LogP contribution is -2.24. The van der Waals surface area contributed by atoms with E-state index in [0.717, 1.165) is 12.1 Å². The first-order valence-electron chi connectivity index (χ1n) is 6.37. The fourth-order valence-corrected chi connectivity index (χ4v) is 1.87. The molecule has 116 valence electrons. The van der Waals surface area contributed by atoms with Gasteiger partial charge in [0.2, 0.25) is 0 Å². The van der Waals surface area contributed by atoms with Gasteiger partial charge in [-0.1, -0.05) is 6.07 Å². The van der Waals surface area contributed by atoms with E-state index in [9.17, 15) is 24.2 Å². The van der Waals surface area contributed by atoms with E-state index < -0.39 is 42.8 Å². The molecule has 0 aliphatic heterocycles. The van der Waals surface area contributed by atoms with Crippen molar-refractivity contribution in [1.29, 1.82) is 0 Å². The summed E-state index contributed by atoms with van der Waals surface area (Å²) in [6.45, 7) is 1.73. The summed E-state index contributed by atoms with van der Waals surface area (Å²) in [5.41, 5.74) is 0.105. The molecule has 0 aliphatic rings. The minimum Gasteiger partial charge on any atom is -0.481 e. The van der Waals surface area contributed by atoms with Crippen molar-refractivity contribution in [3.63, 3.8) is 0 Å². The molecule has 0 aromatic heterocycles. The molecule has 0 bridgehead atoms. The molecule has 3 N–H and O–H groups in total. The van der Waals surface area contributed by atoms with Crippen LogP contribution in [0.2, 0.25) is 0 Å². The van der Waals surface area contributed by atoms with Gasteiger partial charge < -0.3 is 20.1 Å². The third-order valence-corrected chi connectivity index (χ3v) is 2.81. The molecule has 0 aliphatic carbocycles. The smallest absolute Gasteiger partial charge is 0.308 e. The van der Waals surface area contributed by atoms with Crippen LogP contribution >= 0.6 is 0 Å². The van der Waals surface area contributed by atoms with E-state index in [1.807, 2.05) is 0 Å². The highest BCUT2D eigenvalue weighted by Crippen LogP contribution is 2.24. The predicted molar refractivity (Wildman–Crippen MR) is 70.0 cm³/mol. The van der Waals surface area contributed by atoms with Crippen LogP contribution in [0.3, 0.4) is 0 Å². The molecular formula is C14H17FO6. The lowest BCUT2D eigenvalue weighted by Gasteiger charge is -2.20. The van der Waals surface area contributed by atoms with E-state index in [-0.39, 0.29) is 17.7 Å². The van der Waals surface area contributed by atoms with Gasteiger partial charge >= 0.3 is 11.9 Å². The quantitative estimate of drug-likeness (QED) is 0.643. The lowest BCUT2D eigenvalue weighted by atomic mass is 9.95. The lowest BCUT2D eigenvalue weighted by molar-refractivity contribution is -0.147. The SMILES string of the molecule is CCOC(=O)CC(O)C(O)c1cc(F)ccc1CC(=O)O. The van der Waals surface area contributed by atoms with Crippen molar-refractivity contribution in [2.75, 3.05) is 6.61 Å². The number of carbonyl (C=O) groups excluding carboxylic acids is 1. The van der Waals surface area contributed by atoms with Crippen molar-refractivity contribution < 1.29 is 34.0 Å². The van der Waals surface area contributed by atoms with Crippen LogP contribution in [-0.2, 0) is 20.7 Å². The minimum absolute atomic E-state index is 0.0609. The Morgan fingerprint density at radius 2 is 2.00 bits per heavy atom. The van der Waals surface area contributed by atoms with Crippen LogP contribution in [0.4, 0.5) is 4.39 Å². The largest absolute Gasteiger partial charge is 0.481 e. The molecule has 6 nitrogen and oxygen atoms in total. The normalized spacial score (nSPS) is 13.5. The molecule has 1 aromatic carbocycles. The first-order valence-corrected chi connectivity index (χ1v) is 6.37. The molecule has 0 heterocycles. The van der Waals surface area contributed by atoms with Gasteiger partial charge in [-0.15, -0.1) is 0 Å². The van der Waals surface area contributed by atoms with Crippen molar-refractivity contribution in [3.05, 3.63) is 35.1 Å². The summed E-state index contributed by atoms with van der Waals surface area (Å²) in [6.07, 6.45) is -4.01. The highest BCUT2D eigenvalue weighted by Gasteiger charge is 2.25. The third-order valence-electron chi connectivity index (χ3n) is 2.81. The highest BCUT2D eigenvalue weighted by atomic mass is 19.1. The van der Waals surface area contributed by atoms with Crippen molar-refractivity contribution in [1.82, 2.24) is 0 Å². The van der Waals surface area contributed by atoms with Gasteiger partial charge in [-0.3, -0.25) is 9.59 Å². The number of esters is 1. The maximum Gasteiger partial charge on any atom is 0.308 e. The maximum absolute atomic E-state index is 13.3. The molecule has 21 heavy (non-hydrogen) atoms. The molecule has 0 saturated carbocycles. The summed E-state index contributed by atoms with van der Waals surface area (Å²) in [5.74, 6) is -2.54. The van der Waals surface area contributed by atoms with Gasteiger partial charge in [-0.05, 0) is 30.2 Å². The Bertz CT molecular complexity index is 516. The number of halogens is 1. The molecule has 7 heteroatoms. The number of benzene rings is 1. The number of carboxylic acids is 1. The Labute approximate surface area is 120 Å². The second-order valence-electron chi connectivity index (χ2n) is 4.43. The Morgan fingerprint density at radius 1 is 1.33 bits per heavy atom. The molecular weight excluding hydrogens is 283 g/mol. The van der Waals surface area contributed by atoms with E-state index in [2.05, 4.69) is 4.74 Å². The molecule has 1 aromatic rings. The molecule has 0 saturated heterocycles. The first-order chi connectivity index (χ1) is 9.85. The fourth-order valence-electron chi connectivity index (χ4n) is 1.87. The topological polar surface area (TPSA) is 104 Å². The summed E-state index contributed by atoms with van der Waals surface area (Å²) in [4.78, 5) is 22.0. The zero-order valence-electron chi connectivity index (χ0n) is 11.5. The molecule has 0 fully saturated rings. The summed E-state index contributed by atoms with van der Waals surface area (Å²) < 4.78 is 17.9. The van der Waals surface area contributed by atoms with Crippen LogP contribution in [0.5, 0.6) is 0 Å². The van der Waals surface area contributed by atoms with Gasteiger partial charge in [-0.2, -0.15) is 0 Å². The molecule has 0 spiro atoms. The van der Waals surface area contributed by atoms with E-state index in [4.69, 9.17) is 5.11 Å². The Balaban J connectivity index is 2.93. The van der Waals surface area contributed by atoms with E-state index in [1.165, 1.54) is 6.07 Å². The summed E-state index contributed by atoms with van der Waals surface area (Å²) >= 11 is 0. The second kappa shape index (κ2) is 7.70. The first kappa shape index (κ1) is 17.1. The summed E-state index contributed by atoms with van der Waals surface area (Å²) in [5, 5.41) is 28.6. The number of carbonyl (C=O) groups is 2. The van der Waals surface area contributed by atoms with Gasteiger partial charge in [0.25, 0.3) is 0 Å². The number of hydrogen-bond acceptors (Lipinski definition) is 5. The van der Waals surface area contributed by atoms with Gasteiger partial charge in [0.15, 0.2) is 0 Å². The minimum atomic E-state index is -1.58. The molecule has 0 radical (unpaired) electrons. The van der Waals surface area contributed by atoms with Crippen LogP contribution in [0, 0.1) is 5.82 Å². The van der Waals surface area contributed by atoms with Crippen molar-refractivity contribution in [2.24, 2.45) is 0 Å². The van der Waals surface area contributed by atoms with Crippen molar-refractivity contribution in [2.45, 2.75) is 32.0 Å². The predicted octanol–water partition coefficient (Wildman–Crippen LogP) is 0.800. The van der Waals surface area contributed by atoms with Crippen LogP contribution < -0.4 is 0 Å². The average molecular weight is 300 g/mol. The van der Waals surface area contributed by atoms with Crippen LogP contribution in [0.25, 0.3) is 0 Å². The highest BCUT2D eigenvalue weighted by molar-refractivity contribution is 5.71. The van der Waals surface area contributed by atoms with E-state index in [1.54, 1.807) is 6.92 Å². The standard InChI is InChI=1S/C14H17FO6/c1-2-21-13(19)7-11(16)14(20)10-6-9(15)4-3-8(10)5-12(17)18/h3-4,6,11,14,16,20H,2,5,7H2,1H3,(H,17,18). The van der Waals surface area contributed by atoms with Gasteiger partial charge in [0.05, 0.1) is 25.6 Å². The molecule has 2 atom stereocenters. The fraction of sp³-hybridized carbons (Fsp3) is 0.429. The Hall–Kier alpha value is -1.99. The molecule has 2 unspecified atom stereocenters. The number of rotatable bonds is 7. The number of aliphatic carboxylic acids is 1. The number of aliphatic hydroxyl groups is 2. The number of carboxylic acid groups (broad SMARTS) is 1. The maximum atomic E-state index is 13.3. The van der Waals surface area contributed by atoms with Gasteiger partial charge in [0.1, 0.15) is 11.9 Å². The number of hydrogen-bond donors (Lipinski definition) is 3. The van der Waals surface area contributed by atoms with Gasteiger partial charge in [0, 0.05) is 0 Å². The molecule has 0 amide bonds. The average Bonchev–Trinajstić information content (AvgIpc) is 2.39. The van der Waals surface area contributed by atoms with Crippen molar-refractivity contribution >= 4 is 11.9 Å². The monoisotopic (exact) mass is 300 g/mol.